The molecule has 0 aliphatic carbocycles. The number of azo groups is 2. The van der Waals surface area contributed by atoms with Gasteiger partial charge < -0.3 is 16.2 Å². The Morgan fingerprint density at radius 3 is 1.95 bits per heavy atom. The monoisotopic (exact) mass is 590 g/mol. The lowest BCUT2D eigenvalue weighted by Gasteiger charge is -2.14. The van der Waals surface area contributed by atoms with Crippen molar-refractivity contribution in [3.05, 3.63) is 65.7 Å². The summed E-state index contributed by atoms with van der Waals surface area (Å²) >= 11 is 6.06. The highest BCUT2D eigenvalue weighted by molar-refractivity contribution is 7.86. The molecule has 4 aromatic carbocycles. The molecule has 0 aliphatic heterocycles. The van der Waals surface area contributed by atoms with E-state index in [-0.39, 0.29) is 27.2 Å². The van der Waals surface area contributed by atoms with Gasteiger partial charge in [-0.25, -0.2) is 0 Å². The molecule has 0 atom stereocenters. The minimum atomic E-state index is -5.02. The van der Waals surface area contributed by atoms with Crippen LogP contribution in [-0.4, -0.2) is 38.1 Å². The molecule has 0 bridgehead atoms. The fourth-order valence-electron chi connectivity index (χ4n) is 3.54. The van der Waals surface area contributed by atoms with Crippen molar-refractivity contribution in [1.29, 1.82) is 0 Å². The largest absolute Gasteiger partial charge is 0.505 e. The van der Waals surface area contributed by atoms with Crippen LogP contribution in [0.1, 0.15) is 0 Å². The van der Waals surface area contributed by atoms with Crippen molar-refractivity contribution in [2.75, 3.05) is 18.1 Å². The van der Waals surface area contributed by atoms with E-state index in [1.165, 1.54) is 12.1 Å². The number of aromatic hydroxyl groups is 1. The number of nitrogens with one attached hydrogen (secondary N) is 1. The average Bonchev–Trinajstić information content (AvgIpc) is 2.87. The zero-order chi connectivity index (χ0) is 28.5. The van der Waals surface area contributed by atoms with Crippen molar-refractivity contribution in [3.8, 4) is 5.75 Å². The molecule has 0 saturated heterocycles. The number of nitrogens with zero attached hydrogens (tertiary/aromatic N) is 4. The lowest BCUT2D eigenvalue weighted by atomic mass is 10.1. The van der Waals surface area contributed by atoms with Gasteiger partial charge in [-0.2, -0.15) is 21.9 Å². The van der Waals surface area contributed by atoms with E-state index in [0.717, 1.165) is 17.8 Å². The summed E-state index contributed by atoms with van der Waals surface area (Å²) in [7, 11) is -8.30. The predicted octanol–water partition coefficient (Wildman–Crippen LogP) is 6.15. The molecule has 16 heteroatoms. The van der Waals surface area contributed by atoms with Crippen molar-refractivity contribution in [3.63, 3.8) is 0 Å². The average molecular weight is 591 g/mol. The van der Waals surface area contributed by atoms with Gasteiger partial charge in [-0.05, 0) is 53.9 Å². The molecule has 39 heavy (non-hydrogen) atoms. The number of nitrogen functional groups attached to an aromatic ring is 1. The van der Waals surface area contributed by atoms with Gasteiger partial charge >= 0.3 is 0 Å². The SMILES string of the molecule is CNc1ccc(N=Nc2c(S(=O)(=O)O)cc3cc(S(=O)(=O)O)c(N=Nc4ccccc4Cl)c(N)c3c2O)cc1. The topological polar surface area (TPSA) is 216 Å². The van der Waals surface area contributed by atoms with Crippen molar-refractivity contribution in [2.45, 2.75) is 9.79 Å². The summed E-state index contributed by atoms with van der Waals surface area (Å²) in [6.07, 6.45) is 0. The van der Waals surface area contributed by atoms with Crippen molar-refractivity contribution < 1.29 is 31.0 Å². The maximum atomic E-state index is 12.2. The van der Waals surface area contributed by atoms with Gasteiger partial charge in [-0.15, -0.1) is 15.3 Å². The van der Waals surface area contributed by atoms with E-state index in [4.69, 9.17) is 17.3 Å². The smallest absolute Gasteiger partial charge is 0.296 e. The lowest BCUT2D eigenvalue weighted by Crippen LogP contribution is -2.03. The number of hydrogen-bond donors (Lipinski definition) is 5. The first kappa shape index (κ1) is 27.9. The first-order chi connectivity index (χ1) is 18.3. The molecule has 6 N–H and O–H groups in total. The Morgan fingerprint density at radius 2 is 1.38 bits per heavy atom. The van der Waals surface area contributed by atoms with Gasteiger partial charge in [0.2, 0.25) is 0 Å². The van der Waals surface area contributed by atoms with Crippen LogP contribution in [0.2, 0.25) is 5.02 Å². The summed E-state index contributed by atoms with van der Waals surface area (Å²) in [5, 5.41) is 29.0. The van der Waals surface area contributed by atoms with E-state index < -0.39 is 52.8 Å². The first-order valence-corrected chi connectivity index (χ1v) is 14.0. The quantitative estimate of drug-likeness (QED) is 0.0945. The Bertz CT molecular complexity index is 1880. The Labute approximate surface area is 227 Å². The van der Waals surface area contributed by atoms with Gasteiger partial charge in [0.05, 0.1) is 21.8 Å². The number of halogens is 1. The third kappa shape index (κ3) is 5.81. The summed E-state index contributed by atoms with van der Waals surface area (Å²) in [4.78, 5) is -1.74. The van der Waals surface area contributed by atoms with E-state index >= 15 is 0 Å². The van der Waals surface area contributed by atoms with Gasteiger partial charge in [0.1, 0.15) is 26.9 Å². The van der Waals surface area contributed by atoms with Crippen LogP contribution in [0.25, 0.3) is 10.8 Å². The highest BCUT2D eigenvalue weighted by atomic mass is 35.5. The fourth-order valence-corrected chi connectivity index (χ4v) is 5.05. The highest BCUT2D eigenvalue weighted by Crippen LogP contribution is 2.48. The first-order valence-electron chi connectivity index (χ1n) is 10.7. The zero-order valence-corrected chi connectivity index (χ0v) is 22.2. The van der Waals surface area contributed by atoms with Gasteiger partial charge in [-0.1, -0.05) is 23.7 Å². The molecule has 4 aromatic rings. The minimum Gasteiger partial charge on any atom is -0.505 e. The molecule has 202 valence electrons. The van der Waals surface area contributed by atoms with Crippen LogP contribution in [0.3, 0.4) is 0 Å². The molecule has 0 radical (unpaired) electrons. The number of phenols is 1. The Balaban J connectivity index is 2.01. The predicted molar refractivity (Wildman–Crippen MR) is 145 cm³/mol. The fraction of sp³-hybridized carbons (Fsp3) is 0.0435. The molecule has 13 nitrogen and oxygen atoms in total. The number of anilines is 2. The van der Waals surface area contributed by atoms with Gasteiger partial charge in [0.15, 0.2) is 5.75 Å². The van der Waals surface area contributed by atoms with Gasteiger partial charge in [0.25, 0.3) is 20.2 Å². The second kappa shape index (κ2) is 10.5. The second-order valence-electron chi connectivity index (χ2n) is 7.91. The van der Waals surface area contributed by atoms with E-state index in [1.54, 1.807) is 43.4 Å². The Kier molecular flexibility index (Phi) is 7.54. The standard InChI is InChI=1S/C23H19ClN6O7S2/c1-26-13-6-8-14(9-7-13)27-30-22-18(39(35,36)37)11-12-10-17(38(32,33)34)21(20(25)19(12)23(22)31)29-28-16-5-3-2-4-15(16)24/h2-11,26,31H,25H2,1H3,(H,32,33,34)(H,35,36,37). The van der Waals surface area contributed by atoms with Crippen LogP contribution in [0.15, 0.2) is 90.9 Å². The molecular weight excluding hydrogens is 572 g/mol. The van der Waals surface area contributed by atoms with Crippen LogP contribution < -0.4 is 11.1 Å². The van der Waals surface area contributed by atoms with Crippen molar-refractivity contribution in [2.24, 2.45) is 20.5 Å². The molecule has 0 saturated carbocycles. The van der Waals surface area contributed by atoms with Crippen LogP contribution in [-0.2, 0) is 20.2 Å². The van der Waals surface area contributed by atoms with Crippen LogP contribution in [0.5, 0.6) is 5.75 Å². The molecule has 0 heterocycles. The molecular formula is C23H19ClN6O7S2. The summed E-state index contributed by atoms with van der Waals surface area (Å²) in [5.74, 6) is -0.857. The molecule has 0 aliphatic rings. The van der Waals surface area contributed by atoms with Gasteiger partial charge in [0, 0.05) is 12.7 Å². The number of fused-ring (bicyclic) bond motifs is 1. The van der Waals surface area contributed by atoms with E-state index in [2.05, 4.69) is 25.8 Å². The van der Waals surface area contributed by atoms with Gasteiger partial charge in [-0.3, -0.25) is 9.11 Å². The van der Waals surface area contributed by atoms with Crippen LogP contribution in [0, 0.1) is 0 Å². The summed E-state index contributed by atoms with van der Waals surface area (Å²) in [6.45, 7) is 0. The number of nitrogens with two attached hydrogens (primary N) is 1. The van der Waals surface area contributed by atoms with E-state index in [0.29, 0.717) is 0 Å². The zero-order valence-electron chi connectivity index (χ0n) is 19.8. The molecule has 0 aromatic heterocycles. The minimum absolute atomic E-state index is 0.143. The third-order valence-corrected chi connectivity index (χ3v) is 7.46. The Morgan fingerprint density at radius 1 is 0.821 bits per heavy atom. The normalized spacial score (nSPS) is 12.5. The number of benzene rings is 4. The van der Waals surface area contributed by atoms with Crippen molar-refractivity contribution >= 4 is 76.7 Å². The molecule has 0 unspecified atom stereocenters. The third-order valence-electron chi connectivity index (χ3n) is 5.40. The maximum absolute atomic E-state index is 12.2. The molecule has 0 amide bonds. The van der Waals surface area contributed by atoms with Crippen LogP contribution >= 0.6 is 11.6 Å². The highest BCUT2D eigenvalue weighted by Gasteiger charge is 2.28. The van der Waals surface area contributed by atoms with E-state index in [9.17, 15) is 31.0 Å². The van der Waals surface area contributed by atoms with E-state index in [1.807, 2.05) is 0 Å². The van der Waals surface area contributed by atoms with Crippen LogP contribution in [0.4, 0.5) is 34.1 Å². The summed E-state index contributed by atoms with van der Waals surface area (Å²) < 4.78 is 68.3. The van der Waals surface area contributed by atoms with Crippen molar-refractivity contribution in [1.82, 2.24) is 0 Å². The number of rotatable bonds is 7. The molecule has 4 rings (SSSR count). The molecule has 0 spiro atoms. The Hall–Kier alpha value is -4.15. The maximum Gasteiger partial charge on any atom is 0.296 e. The molecule has 0 fully saturated rings. The summed E-state index contributed by atoms with van der Waals surface area (Å²) in [5.41, 5.74) is 5.62. The number of hydrogen-bond acceptors (Lipinski definition) is 11. The lowest BCUT2D eigenvalue weighted by molar-refractivity contribution is 0.472. The number of phenolic OH excluding ortho intramolecular Hbond substituents is 1. The summed E-state index contributed by atoms with van der Waals surface area (Å²) in [6, 6.07) is 14.3. The second-order valence-corrected chi connectivity index (χ2v) is 11.1.